The van der Waals surface area contributed by atoms with E-state index in [-0.39, 0.29) is 6.61 Å². The number of rotatable bonds is 5. The van der Waals surface area contributed by atoms with Gasteiger partial charge < -0.3 is 4.74 Å². The molecule has 3 rings (SSSR count). The lowest BCUT2D eigenvalue weighted by molar-refractivity contribution is 0.140. The lowest BCUT2D eigenvalue weighted by Crippen LogP contribution is -2.41. The van der Waals surface area contributed by atoms with Crippen LogP contribution >= 0.6 is 0 Å². The number of hydrogen-bond donors (Lipinski definition) is 0. The summed E-state index contributed by atoms with van der Waals surface area (Å²) in [4.78, 5) is 14.0. The number of carbonyl (C=O) groups is 1. The Bertz CT molecular complexity index is 811. The Morgan fingerprint density at radius 3 is 2.70 bits per heavy atom. The van der Waals surface area contributed by atoms with Crippen molar-refractivity contribution in [2.75, 3.05) is 11.6 Å². The Hall–Kier alpha value is -3.08. The second-order valence-corrected chi connectivity index (χ2v) is 5.00. The average Bonchev–Trinajstić information content (AvgIpc) is 3.02. The number of nitrogens with zero attached hydrogens (tertiary/aromatic N) is 3. The van der Waals surface area contributed by atoms with Crippen molar-refractivity contribution in [3.05, 3.63) is 79.0 Å². The van der Waals surface area contributed by atoms with Crippen molar-refractivity contribution in [3.8, 4) is 0 Å². The fraction of sp³-hybridized carbons (Fsp3) is 0.111. The van der Waals surface area contributed by atoms with Crippen LogP contribution in [0.2, 0.25) is 0 Å². The highest BCUT2D eigenvalue weighted by Crippen LogP contribution is 2.14. The molecule has 0 aliphatic rings. The number of para-hydroxylation sites is 1. The van der Waals surface area contributed by atoms with Gasteiger partial charge in [-0.25, -0.2) is 4.79 Å². The van der Waals surface area contributed by atoms with Gasteiger partial charge in [-0.1, -0.05) is 54.6 Å². The van der Waals surface area contributed by atoms with Crippen LogP contribution in [0.1, 0.15) is 5.56 Å². The molecule has 0 saturated heterocycles. The molecular formula is C18H17N3O2. The third-order valence-electron chi connectivity index (χ3n) is 3.41. The summed E-state index contributed by atoms with van der Waals surface area (Å²) in [6.45, 7) is 4.22. The number of amides is 1. The van der Waals surface area contributed by atoms with Gasteiger partial charge >= 0.3 is 6.09 Å². The summed E-state index contributed by atoms with van der Waals surface area (Å²) >= 11 is 0. The molecule has 0 aliphatic carbocycles. The molecule has 1 aromatic heterocycles. The van der Waals surface area contributed by atoms with E-state index in [2.05, 4.69) is 11.7 Å². The van der Waals surface area contributed by atoms with Crippen LogP contribution in [-0.2, 0) is 11.3 Å². The summed E-state index contributed by atoms with van der Waals surface area (Å²) in [5, 5.41) is 6.66. The number of hydrogen-bond acceptors (Lipinski definition) is 3. The summed E-state index contributed by atoms with van der Waals surface area (Å²) in [6.07, 6.45) is 2.89. The van der Waals surface area contributed by atoms with Crippen LogP contribution in [0.3, 0.4) is 0 Å². The molecule has 1 amide bonds. The van der Waals surface area contributed by atoms with Gasteiger partial charge in [-0.15, -0.1) is 6.58 Å². The van der Waals surface area contributed by atoms with E-state index in [9.17, 15) is 4.79 Å². The zero-order chi connectivity index (χ0) is 16.1. The van der Waals surface area contributed by atoms with Crippen LogP contribution < -0.4 is 5.01 Å². The largest absolute Gasteiger partial charge is 0.443 e. The smallest absolute Gasteiger partial charge is 0.431 e. The Balaban J connectivity index is 1.80. The van der Waals surface area contributed by atoms with E-state index in [1.165, 1.54) is 5.01 Å². The highest BCUT2D eigenvalue weighted by Gasteiger charge is 2.18. The first kappa shape index (κ1) is 14.8. The molecule has 5 heteroatoms. The van der Waals surface area contributed by atoms with Gasteiger partial charge in [-0.3, -0.25) is 0 Å². The minimum absolute atomic E-state index is 0.215. The molecule has 0 N–H and O–H groups in total. The number of ether oxygens (including phenoxy) is 1. The van der Waals surface area contributed by atoms with E-state index in [0.29, 0.717) is 6.54 Å². The normalized spacial score (nSPS) is 10.4. The summed E-state index contributed by atoms with van der Waals surface area (Å²) in [5.41, 5.74) is 1.77. The molecule has 0 saturated carbocycles. The quantitative estimate of drug-likeness (QED) is 0.678. The van der Waals surface area contributed by atoms with Gasteiger partial charge in [0.1, 0.15) is 6.61 Å². The van der Waals surface area contributed by atoms with Crippen LogP contribution in [0.5, 0.6) is 0 Å². The number of carbonyl (C=O) groups excluding carboxylic acids is 1. The van der Waals surface area contributed by atoms with Crippen molar-refractivity contribution in [2.24, 2.45) is 0 Å². The second-order valence-electron chi connectivity index (χ2n) is 5.00. The van der Waals surface area contributed by atoms with Gasteiger partial charge in [-0.2, -0.15) is 14.9 Å². The summed E-state index contributed by atoms with van der Waals surface area (Å²) in [7, 11) is 0. The number of fused-ring (bicyclic) bond motifs is 1. The molecule has 0 bridgehead atoms. The van der Waals surface area contributed by atoms with Gasteiger partial charge in [0.25, 0.3) is 0 Å². The fourth-order valence-corrected chi connectivity index (χ4v) is 2.30. The summed E-state index contributed by atoms with van der Waals surface area (Å²) < 4.78 is 5.39. The first-order chi connectivity index (χ1) is 11.3. The first-order valence-corrected chi connectivity index (χ1v) is 7.32. The van der Waals surface area contributed by atoms with Gasteiger partial charge in [0.05, 0.1) is 18.3 Å². The summed E-state index contributed by atoms with van der Waals surface area (Å²) in [6, 6.07) is 17.2. The van der Waals surface area contributed by atoms with Crippen molar-refractivity contribution in [1.82, 2.24) is 9.89 Å². The minimum Gasteiger partial charge on any atom is -0.443 e. The molecule has 0 aliphatic heterocycles. The van der Waals surface area contributed by atoms with Crippen molar-refractivity contribution in [1.29, 1.82) is 0 Å². The number of aromatic nitrogens is 2. The van der Waals surface area contributed by atoms with Crippen molar-refractivity contribution in [3.63, 3.8) is 0 Å². The zero-order valence-electron chi connectivity index (χ0n) is 12.6. The Morgan fingerprint density at radius 2 is 1.91 bits per heavy atom. The van der Waals surface area contributed by atoms with Crippen molar-refractivity contribution < 1.29 is 9.53 Å². The van der Waals surface area contributed by atoms with Gasteiger partial charge in [0.2, 0.25) is 0 Å². The Labute approximate surface area is 134 Å². The minimum atomic E-state index is -0.470. The molecule has 0 radical (unpaired) electrons. The maximum atomic E-state index is 12.4. The highest BCUT2D eigenvalue weighted by molar-refractivity contribution is 5.84. The fourth-order valence-electron chi connectivity index (χ4n) is 2.30. The molecule has 0 fully saturated rings. The van der Waals surface area contributed by atoms with Gasteiger partial charge in [-0.05, 0) is 11.6 Å². The molecule has 2 aromatic carbocycles. The van der Waals surface area contributed by atoms with E-state index in [0.717, 1.165) is 16.5 Å². The lowest BCUT2D eigenvalue weighted by atomic mass is 10.2. The van der Waals surface area contributed by atoms with E-state index < -0.39 is 6.09 Å². The Kier molecular flexibility index (Phi) is 4.38. The predicted octanol–water partition coefficient (Wildman–Crippen LogP) is 3.50. The standard InChI is InChI=1S/C18H17N3O2/c1-2-12-20(18(22)23-14-15-8-4-3-5-9-15)21-17-11-7-6-10-16(17)13-19-21/h2-11,13H,1,12,14H2. The van der Waals surface area contributed by atoms with E-state index in [4.69, 9.17) is 4.74 Å². The topological polar surface area (TPSA) is 47.4 Å². The highest BCUT2D eigenvalue weighted by atomic mass is 16.6. The molecule has 0 spiro atoms. The molecule has 116 valence electrons. The molecule has 23 heavy (non-hydrogen) atoms. The average molecular weight is 307 g/mol. The van der Waals surface area contributed by atoms with E-state index in [1.807, 2.05) is 54.6 Å². The van der Waals surface area contributed by atoms with Crippen LogP contribution in [-0.4, -0.2) is 22.5 Å². The van der Waals surface area contributed by atoms with Gasteiger partial charge in [0.15, 0.2) is 0 Å². The molecule has 0 unspecified atom stereocenters. The molecule has 1 heterocycles. The third kappa shape index (κ3) is 3.23. The van der Waals surface area contributed by atoms with Crippen LogP contribution in [0.15, 0.2) is 73.4 Å². The molecular weight excluding hydrogens is 290 g/mol. The third-order valence-corrected chi connectivity index (χ3v) is 3.41. The van der Waals surface area contributed by atoms with Gasteiger partial charge in [0, 0.05) is 5.39 Å². The van der Waals surface area contributed by atoms with Crippen molar-refractivity contribution >= 4 is 17.0 Å². The first-order valence-electron chi connectivity index (χ1n) is 7.32. The SMILES string of the molecule is C=CCN(C(=O)OCc1ccccc1)n1ncc2ccccc21. The number of benzene rings is 2. The summed E-state index contributed by atoms with van der Waals surface area (Å²) in [5.74, 6) is 0. The second kappa shape index (κ2) is 6.79. The monoisotopic (exact) mass is 307 g/mol. The van der Waals surface area contributed by atoms with Crippen molar-refractivity contribution in [2.45, 2.75) is 6.61 Å². The zero-order valence-corrected chi connectivity index (χ0v) is 12.6. The van der Waals surface area contributed by atoms with Crippen LogP contribution in [0, 0.1) is 0 Å². The van der Waals surface area contributed by atoms with Crippen LogP contribution in [0.25, 0.3) is 10.9 Å². The maximum Gasteiger partial charge on any atom is 0.431 e. The Morgan fingerprint density at radius 1 is 1.17 bits per heavy atom. The van der Waals surface area contributed by atoms with E-state index in [1.54, 1.807) is 17.1 Å². The molecule has 5 nitrogen and oxygen atoms in total. The predicted molar refractivity (Wildman–Crippen MR) is 89.6 cm³/mol. The maximum absolute atomic E-state index is 12.4. The lowest BCUT2D eigenvalue weighted by Gasteiger charge is -2.21. The van der Waals surface area contributed by atoms with Crippen LogP contribution in [0.4, 0.5) is 4.79 Å². The molecule has 0 atom stereocenters. The van der Waals surface area contributed by atoms with E-state index >= 15 is 0 Å². The molecule has 3 aromatic rings.